The number of hydrogen-bond donors (Lipinski definition) is 1. The first-order chi connectivity index (χ1) is 2.27. The van der Waals surface area contributed by atoms with E-state index in [2.05, 4.69) is 11.7 Å². The van der Waals surface area contributed by atoms with E-state index < -0.39 is 0 Å². The summed E-state index contributed by atoms with van der Waals surface area (Å²) in [6.07, 6.45) is 0. The molecule has 0 aromatic rings. The quantitative estimate of drug-likeness (QED) is 0.340. The van der Waals surface area contributed by atoms with E-state index in [1.165, 1.54) is 6.92 Å². The molecule has 0 unspecified atom stereocenters. The zero-order valence-electron chi connectivity index (χ0n) is 3.12. The molecule has 1 N–H and O–H groups in total. The normalized spacial score (nSPS) is 6.60. The summed E-state index contributed by atoms with van der Waals surface area (Å²) in [4.78, 5) is 11.8. The van der Waals surface area contributed by atoms with Crippen molar-refractivity contribution in [3.05, 3.63) is 0 Å². The lowest BCUT2D eigenvalue weighted by atomic mass is 10.8. The molecule has 0 aliphatic carbocycles. The first-order valence-corrected chi connectivity index (χ1v) is 1.31. The molecule has 2 nitrogen and oxygen atoms in total. The number of nitrogens with one attached hydrogen (secondary N) is 1. The molecule has 5 heavy (non-hydrogen) atoms. The second-order valence-corrected chi connectivity index (χ2v) is 0.733. The van der Waals surface area contributed by atoms with Gasteiger partial charge in [-0.25, -0.2) is 4.79 Å². The molecule has 2 heteroatoms. The standard InChI is InChI=1S/C3H5NO/c1-3(5)4-2/h2H2,1H3/p+1. The van der Waals surface area contributed by atoms with Crippen LogP contribution >= 0.6 is 0 Å². The SMILES string of the molecule is C=[NH+]C(C)=O. The van der Waals surface area contributed by atoms with Crippen molar-refractivity contribution < 1.29 is 9.79 Å². The molecule has 0 fully saturated rings. The zero-order valence-corrected chi connectivity index (χ0v) is 3.12. The van der Waals surface area contributed by atoms with Crippen molar-refractivity contribution in [1.29, 1.82) is 0 Å². The second kappa shape index (κ2) is 1.64. The minimum Gasteiger partial charge on any atom is -0.220 e. The van der Waals surface area contributed by atoms with Gasteiger partial charge in [-0.05, 0) is 0 Å². The van der Waals surface area contributed by atoms with Gasteiger partial charge in [-0.3, -0.25) is 0 Å². The van der Waals surface area contributed by atoms with Gasteiger partial charge in [0.15, 0.2) is 0 Å². The predicted molar refractivity (Wildman–Crippen MR) is 18.8 cm³/mol. The van der Waals surface area contributed by atoms with Gasteiger partial charge in [0.2, 0.25) is 0 Å². The van der Waals surface area contributed by atoms with Gasteiger partial charge in [0.1, 0.15) is 6.72 Å². The average molecular weight is 72.1 g/mol. The van der Waals surface area contributed by atoms with Gasteiger partial charge in [-0.15, -0.1) is 0 Å². The molecule has 0 aromatic heterocycles. The lowest BCUT2D eigenvalue weighted by Gasteiger charge is -1.55. The molecule has 0 aliphatic rings. The molecule has 0 saturated carbocycles. The lowest BCUT2D eigenvalue weighted by Crippen LogP contribution is -2.69. The fraction of sp³-hybridized carbons (Fsp3) is 0.333. The Morgan fingerprint density at radius 3 is 2.20 bits per heavy atom. The number of carbonyl (C=O) groups excluding carboxylic acids is 1. The topological polar surface area (TPSA) is 31.0 Å². The summed E-state index contributed by atoms with van der Waals surface area (Å²) >= 11 is 0. The van der Waals surface area contributed by atoms with Crippen LogP contribution in [0.2, 0.25) is 0 Å². The van der Waals surface area contributed by atoms with Crippen molar-refractivity contribution in [3.8, 4) is 0 Å². The Bertz CT molecular complexity index is 57.9. The molecule has 0 atom stereocenters. The number of carbonyl (C=O) groups is 1. The molecule has 1 amide bonds. The minimum atomic E-state index is -0.106. The van der Waals surface area contributed by atoms with E-state index in [-0.39, 0.29) is 5.91 Å². The Balaban J connectivity index is 3.20. The van der Waals surface area contributed by atoms with Crippen LogP contribution in [0.3, 0.4) is 0 Å². The molecule has 28 valence electrons. The van der Waals surface area contributed by atoms with Crippen LogP contribution in [0.5, 0.6) is 0 Å². The third-order valence-corrected chi connectivity index (χ3v) is 0.249. The third kappa shape index (κ3) is 3.34. The number of amides is 1. The summed E-state index contributed by atoms with van der Waals surface area (Å²) in [6, 6.07) is 0. The van der Waals surface area contributed by atoms with Crippen LogP contribution in [0.4, 0.5) is 0 Å². The molecular formula is C3H6NO+. The zero-order chi connectivity index (χ0) is 4.28. The Morgan fingerprint density at radius 2 is 2.20 bits per heavy atom. The third-order valence-electron chi connectivity index (χ3n) is 0.249. The van der Waals surface area contributed by atoms with Gasteiger partial charge in [-0.1, -0.05) is 0 Å². The Labute approximate surface area is 30.5 Å². The van der Waals surface area contributed by atoms with Gasteiger partial charge in [0.05, 0.1) is 6.92 Å². The molecule has 0 bridgehead atoms. The van der Waals surface area contributed by atoms with E-state index in [1.54, 1.807) is 0 Å². The van der Waals surface area contributed by atoms with E-state index in [4.69, 9.17) is 0 Å². The summed E-state index contributed by atoms with van der Waals surface area (Å²) in [7, 11) is 0. The fourth-order valence-electron chi connectivity index (χ4n) is 0. The molecule has 0 heterocycles. The Morgan fingerprint density at radius 1 is 2.00 bits per heavy atom. The first kappa shape index (κ1) is 4.34. The molecule has 0 rings (SSSR count). The van der Waals surface area contributed by atoms with E-state index in [1.807, 2.05) is 0 Å². The molecule has 0 radical (unpaired) electrons. The van der Waals surface area contributed by atoms with Crippen molar-refractivity contribution in [2.24, 2.45) is 0 Å². The fourth-order valence-corrected chi connectivity index (χ4v) is 0. The molecule has 0 aliphatic heterocycles. The van der Waals surface area contributed by atoms with E-state index >= 15 is 0 Å². The highest BCUT2D eigenvalue weighted by Crippen LogP contribution is 1.29. The monoisotopic (exact) mass is 72.0 g/mol. The Kier molecular flexibility index (Phi) is 1.42. The first-order valence-electron chi connectivity index (χ1n) is 1.31. The van der Waals surface area contributed by atoms with Crippen LogP contribution in [0, 0.1) is 0 Å². The van der Waals surface area contributed by atoms with E-state index in [9.17, 15) is 4.79 Å². The second-order valence-electron chi connectivity index (χ2n) is 0.733. The van der Waals surface area contributed by atoms with Crippen LogP contribution in [0.15, 0.2) is 0 Å². The van der Waals surface area contributed by atoms with Crippen molar-refractivity contribution in [3.63, 3.8) is 0 Å². The number of hydrogen-bond acceptors (Lipinski definition) is 1. The summed E-state index contributed by atoms with van der Waals surface area (Å²) in [6.45, 7) is 4.50. The summed E-state index contributed by atoms with van der Waals surface area (Å²) < 4.78 is 0. The lowest BCUT2D eigenvalue weighted by molar-refractivity contribution is -0.365. The highest BCUT2D eigenvalue weighted by molar-refractivity contribution is 5.62. The minimum absolute atomic E-state index is 0.106. The van der Waals surface area contributed by atoms with Crippen LogP contribution in [-0.2, 0) is 4.79 Å². The van der Waals surface area contributed by atoms with Crippen LogP contribution in [0.1, 0.15) is 6.92 Å². The largest absolute Gasteiger partial charge is 0.381 e. The van der Waals surface area contributed by atoms with Crippen molar-refractivity contribution in [2.45, 2.75) is 6.92 Å². The van der Waals surface area contributed by atoms with Gasteiger partial charge in [-0.2, -0.15) is 4.99 Å². The molecule has 0 saturated heterocycles. The highest BCUT2D eigenvalue weighted by Gasteiger charge is 1.80. The summed E-state index contributed by atoms with van der Waals surface area (Å²) in [5.41, 5.74) is 0. The highest BCUT2D eigenvalue weighted by atomic mass is 16.1. The van der Waals surface area contributed by atoms with Gasteiger partial charge < -0.3 is 0 Å². The molecular weight excluding hydrogens is 66.0 g/mol. The summed E-state index contributed by atoms with van der Waals surface area (Å²) in [5, 5.41) is 0. The van der Waals surface area contributed by atoms with Crippen molar-refractivity contribution >= 4 is 12.6 Å². The molecule has 0 spiro atoms. The molecule has 0 aromatic carbocycles. The maximum Gasteiger partial charge on any atom is 0.381 e. The van der Waals surface area contributed by atoms with Crippen LogP contribution < -0.4 is 4.99 Å². The van der Waals surface area contributed by atoms with Crippen molar-refractivity contribution in [1.82, 2.24) is 0 Å². The maximum absolute atomic E-state index is 9.64. The number of rotatable bonds is 0. The van der Waals surface area contributed by atoms with Gasteiger partial charge >= 0.3 is 5.91 Å². The van der Waals surface area contributed by atoms with Crippen LogP contribution in [-0.4, -0.2) is 12.6 Å². The Hall–Kier alpha value is -0.660. The predicted octanol–water partition coefficient (Wildman–Crippen LogP) is -1.69. The van der Waals surface area contributed by atoms with Crippen LogP contribution in [0.25, 0.3) is 0 Å². The van der Waals surface area contributed by atoms with Gasteiger partial charge in [0, 0.05) is 0 Å². The van der Waals surface area contributed by atoms with E-state index in [0.717, 1.165) is 0 Å². The van der Waals surface area contributed by atoms with Gasteiger partial charge in [0.25, 0.3) is 0 Å². The van der Waals surface area contributed by atoms with Crippen molar-refractivity contribution in [2.75, 3.05) is 0 Å². The smallest absolute Gasteiger partial charge is 0.220 e. The summed E-state index contributed by atoms with van der Waals surface area (Å²) in [5.74, 6) is -0.106. The van der Waals surface area contributed by atoms with E-state index in [0.29, 0.717) is 0 Å². The average Bonchev–Trinajstić information content (AvgIpc) is 1.38. The maximum atomic E-state index is 9.64.